The summed E-state index contributed by atoms with van der Waals surface area (Å²) in [6.07, 6.45) is 2.53. The third-order valence-electron chi connectivity index (χ3n) is 3.43. The van der Waals surface area contributed by atoms with Crippen LogP contribution < -0.4 is 10.2 Å². The highest BCUT2D eigenvalue weighted by Crippen LogP contribution is 2.19. The van der Waals surface area contributed by atoms with Crippen molar-refractivity contribution in [3.63, 3.8) is 0 Å². The summed E-state index contributed by atoms with van der Waals surface area (Å²) in [5, 5.41) is 3.43. The number of nitrogens with one attached hydrogen (secondary N) is 1. The normalized spacial score (nSPS) is 20.2. The summed E-state index contributed by atoms with van der Waals surface area (Å²) < 4.78 is 13.2. The molecular formula is C14H21FN2. The molecule has 0 spiro atoms. The quantitative estimate of drug-likeness (QED) is 0.864. The average molecular weight is 236 g/mol. The molecule has 0 bridgehead atoms. The van der Waals surface area contributed by atoms with Crippen LogP contribution in [0.15, 0.2) is 24.3 Å². The van der Waals surface area contributed by atoms with Crippen LogP contribution in [0.5, 0.6) is 0 Å². The summed E-state index contributed by atoms with van der Waals surface area (Å²) in [6.45, 7) is 6.31. The third kappa shape index (κ3) is 3.43. The fourth-order valence-electron chi connectivity index (χ4n) is 2.48. The maximum atomic E-state index is 13.2. The highest BCUT2D eigenvalue weighted by molar-refractivity contribution is 5.46. The van der Waals surface area contributed by atoms with Gasteiger partial charge in [0.2, 0.25) is 0 Å². The van der Waals surface area contributed by atoms with E-state index in [2.05, 4.69) is 17.1 Å². The third-order valence-corrected chi connectivity index (χ3v) is 3.43. The molecule has 1 aromatic carbocycles. The minimum absolute atomic E-state index is 0.150. The van der Waals surface area contributed by atoms with Crippen LogP contribution in [-0.4, -0.2) is 26.2 Å². The molecule has 1 aliphatic heterocycles. The molecule has 17 heavy (non-hydrogen) atoms. The van der Waals surface area contributed by atoms with Crippen molar-refractivity contribution in [2.75, 3.05) is 31.1 Å². The summed E-state index contributed by atoms with van der Waals surface area (Å²) in [4.78, 5) is 2.26. The molecule has 1 aliphatic rings. The summed E-state index contributed by atoms with van der Waals surface area (Å²) in [5.41, 5.74) is 0.998. The molecule has 94 valence electrons. The lowest BCUT2D eigenvalue weighted by molar-refractivity contribution is 0.378. The number of anilines is 1. The highest BCUT2D eigenvalue weighted by atomic mass is 19.1. The molecule has 1 unspecified atom stereocenters. The van der Waals surface area contributed by atoms with Gasteiger partial charge in [-0.05, 0) is 57.0 Å². The summed E-state index contributed by atoms with van der Waals surface area (Å²) in [5.74, 6) is 0.537. The van der Waals surface area contributed by atoms with Gasteiger partial charge >= 0.3 is 0 Å². The van der Waals surface area contributed by atoms with Gasteiger partial charge in [-0.3, -0.25) is 0 Å². The maximum Gasteiger partial charge on any atom is 0.125 e. The SMILES string of the molecule is CCN(CC1CCCNC1)c1cccc(F)c1. The van der Waals surface area contributed by atoms with Crippen LogP contribution >= 0.6 is 0 Å². The van der Waals surface area contributed by atoms with E-state index in [0.717, 1.165) is 31.9 Å². The van der Waals surface area contributed by atoms with E-state index in [1.807, 2.05) is 6.07 Å². The Balaban J connectivity index is 2.00. The Kier molecular flexibility index (Phi) is 4.37. The van der Waals surface area contributed by atoms with Gasteiger partial charge in [0, 0.05) is 18.8 Å². The van der Waals surface area contributed by atoms with Gasteiger partial charge in [0.05, 0.1) is 0 Å². The molecule has 1 atom stereocenters. The topological polar surface area (TPSA) is 15.3 Å². The van der Waals surface area contributed by atoms with Crippen molar-refractivity contribution in [2.24, 2.45) is 5.92 Å². The van der Waals surface area contributed by atoms with Crippen LogP contribution in [0.4, 0.5) is 10.1 Å². The zero-order valence-electron chi connectivity index (χ0n) is 10.5. The van der Waals surface area contributed by atoms with Crippen molar-refractivity contribution < 1.29 is 4.39 Å². The number of rotatable bonds is 4. The van der Waals surface area contributed by atoms with Crippen molar-refractivity contribution >= 4 is 5.69 Å². The Hall–Kier alpha value is -1.09. The lowest BCUT2D eigenvalue weighted by Gasteiger charge is -2.31. The summed E-state index contributed by atoms with van der Waals surface area (Å²) in [6, 6.07) is 6.90. The molecule has 3 heteroatoms. The van der Waals surface area contributed by atoms with Crippen molar-refractivity contribution in [1.82, 2.24) is 5.32 Å². The minimum Gasteiger partial charge on any atom is -0.371 e. The lowest BCUT2D eigenvalue weighted by Crippen LogP contribution is -2.38. The highest BCUT2D eigenvalue weighted by Gasteiger charge is 2.16. The second kappa shape index (κ2) is 6.01. The Labute approximate surface area is 103 Å². The first-order valence-corrected chi connectivity index (χ1v) is 6.51. The number of hydrogen-bond donors (Lipinski definition) is 1. The van der Waals surface area contributed by atoms with Crippen LogP contribution in [0, 0.1) is 11.7 Å². The molecule has 1 fully saturated rings. The van der Waals surface area contributed by atoms with E-state index in [1.165, 1.54) is 18.9 Å². The fraction of sp³-hybridized carbons (Fsp3) is 0.571. The second-order valence-corrected chi connectivity index (χ2v) is 4.73. The molecule has 0 aliphatic carbocycles. The van der Waals surface area contributed by atoms with Crippen molar-refractivity contribution in [1.29, 1.82) is 0 Å². The first-order valence-electron chi connectivity index (χ1n) is 6.51. The van der Waals surface area contributed by atoms with E-state index >= 15 is 0 Å². The van der Waals surface area contributed by atoms with Gasteiger partial charge in [-0.1, -0.05) is 6.07 Å². The van der Waals surface area contributed by atoms with Crippen molar-refractivity contribution in [3.8, 4) is 0 Å². The maximum absolute atomic E-state index is 13.2. The fourth-order valence-corrected chi connectivity index (χ4v) is 2.48. The van der Waals surface area contributed by atoms with Crippen molar-refractivity contribution in [3.05, 3.63) is 30.1 Å². The molecule has 2 nitrogen and oxygen atoms in total. The smallest absolute Gasteiger partial charge is 0.125 e. The number of halogens is 1. The summed E-state index contributed by atoms with van der Waals surface area (Å²) >= 11 is 0. The predicted molar refractivity (Wildman–Crippen MR) is 69.9 cm³/mol. The van der Waals surface area contributed by atoms with E-state index in [1.54, 1.807) is 12.1 Å². The lowest BCUT2D eigenvalue weighted by atomic mass is 9.99. The molecule has 1 N–H and O–H groups in total. The standard InChI is InChI=1S/C14H21FN2/c1-2-17(11-12-5-4-8-16-10-12)14-7-3-6-13(15)9-14/h3,6-7,9,12,16H,2,4-5,8,10-11H2,1H3. The Morgan fingerprint density at radius 1 is 1.47 bits per heavy atom. The molecule has 1 heterocycles. The minimum atomic E-state index is -0.150. The second-order valence-electron chi connectivity index (χ2n) is 4.73. The monoisotopic (exact) mass is 236 g/mol. The number of piperidine rings is 1. The first-order chi connectivity index (χ1) is 8.29. The molecule has 1 saturated heterocycles. The van der Waals surface area contributed by atoms with E-state index in [9.17, 15) is 4.39 Å². The molecule has 0 amide bonds. The van der Waals surface area contributed by atoms with Crippen LogP contribution in [0.1, 0.15) is 19.8 Å². The van der Waals surface area contributed by atoms with Gasteiger partial charge in [0.15, 0.2) is 0 Å². The van der Waals surface area contributed by atoms with Gasteiger partial charge in [-0.2, -0.15) is 0 Å². The van der Waals surface area contributed by atoms with Crippen LogP contribution in [-0.2, 0) is 0 Å². The van der Waals surface area contributed by atoms with E-state index in [4.69, 9.17) is 0 Å². The van der Waals surface area contributed by atoms with Gasteiger partial charge in [0.1, 0.15) is 5.82 Å². The van der Waals surface area contributed by atoms with Crippen LogP contribution in [0.2, 0.25) is 0 Å². The zero-order valence-corrected chi connectivity index (χ0v) is 10.5. The van der Waals surface area contributed by atoms with E-state index in [0.29, 0.717) is 5.92 Å². The number of nitrogens with zero attached hydrogens (tertiary/aromatic N) is 1. The molecule has 1 aromatic rings. The van der Waals surface area contributed by atoms with E-state index < -0.39 is 0 Å². The average Bonchev–Trinajstić information content (AvgIpc) is 2.37. The molecule has 2 rings (SSSR count). The predicted octanol–water partition coefficient (Wildman–Crippen LogP) is 2.65. The Morgan fingerprint density at radius 3 is 3.00 bits per heavy atom. The van der Waals surface area contributed by atoms with Crippen LogP contribution in [0.3, 0.4) is 0 Å². The van der Waals surface area contributed by atoms with E-state index in [-0.39, 0.29) is 5.82 Å². The molecular weight excluding hydrogens is 215 g/mol. The Morgan fingerprint density at radius 2 is 2.35 bits per heavy atom. The van der Waals surface area contributed by atoms with Crippen molar-refractivity contribution in [2.45, 2.75) is 19.8 Å². The van der Waals surface area contributed by atoms with Gasteiger partial charge < -0.3 is 10.2 Å². The molecule has 0 aromatic heterocycles. The number of hydrogen-bond acceptors (Lipinski definition) is 2. The van der Waals surface area contributed by atoms with Gasteiger partial charge in [0.25, 0.3) is 0 Å². The summed E-state index contributed by atoms with van der Waals surface area (Å²) in [7, 11) is 0. The largest absolute Gasteiger partial charge is 0.371 e. The number of benzene rings is 1. The van der Waals surface area contributed by atoms with Crippen LogP contribution in [0.25, 0.3) is 0 Å². The first kappa shape index (κ1) is 12.4. The van der Waals surface area contributed by atoms with Gasteiger partial charge in [-0.15, -0.1) is 0 Å². The molecule has 0 saturated carbocycles. The Bertz CT molecular complexity index is 348. The zero-order chi connectivity index (χ0) is 12.1. The van der Waals surface area contributed by atoms with Gasteiger partial charge in [-0.25, -0.2) is 4.39 Å². The molecule has 0 radical (unpaired) electrons.